The van der Waals surface area contributed by atoms with Crippen molar-refractivity contribution in [2.75, 3.05) is 5.73 Å². The van der Waals surface area contributed by atoms with Crippen LogP contribution < -0.4 is 5.73 Å². The molecule has 2 aromatic rings. The minimum atomic E-state index is 0.689. The lowest BCUT2D eigenvalue weighted by molar-refractivity contribution is 0.767. The molecular weight excluding hydrogens is 176 g/mol. The lowest BCUT2D eigenvalue weighted by Gasteiger charge is -2.00. The fourth-order valence-electron chi connectivity index (χ4n) is 1.55. The largest absolute Gasteiger partial charge is 0.383 e. The first kappa shape index (κ1) is 8.74. The zero-order valence-electron chi connectivity index (χ0n) is 8.23. The van der Waals surface area contributed by atoms with Crippen molar-refractivity contribution < 1.29 is 0 Å². The van der Waals surface area contributed by atoms with Crippen LogP contribution in [0.5, 0.6) is 0 Å². The zero-order valence-corrected chi connectivity index (χ0v) is 8.23. The maximum Gasteiger partial charge on any atom is 0.129 e. The van der Waals surface area contributed by atoms with Gasteiger partial charge in [-0.25, -0.2) is 0 Å². The van der Waals surface area contributed by atoms with Gasteiger partial charge in [0, 0.05) is 25.0 Å². The Hall–Kier alpha value is -1.84. The minimum absolute atomic E-state index is 0.689. The summed E-state index contributed by atoms with van der Waals surface area (Å²) in [4.78, 5) is 3.97. The summed E-state index contributed by atoms with van der Waals surface area (Å²) < 4.78 is 1.69. The van der Waals surface area contributed by atoms with Gasteiger partial charge in [-0.1, -0.05) is 0 Å². The van der Waals surface area contributed by atoms with Crippen molar-refractivity contribution >= 4 is 5.82 Å². The van der Waals surface area contributed by atoms with E-state index in [0.717, 1.165) is 16.8 Å². The molecule has 0 aliphatic carbocycles. The first-order chi connectivity index (χ1) is 6.70. The molecule has 0 spiro atoms. The van der Waals surface area contributed by atoms with Crippen LogP contribution in [0, 0.1) is 6.92 Å². The molecule has 0 unspecified atom stereocenters. The highest BCUT2D eigenvalue weighted by Crippen LogP contribution is 2.27. The molecule has 2 heterocycles. The summed E-state index contributed by atoms with van der Waals surface area (Å²) >= 11 is 0. The highest BCUT2D eigenvalue weighted by atomic mass is 15.3. The molecular formula is C10H12N4. The fraction of sp³-hybridized carbons (Fsp3) is 0.200. The van der Waals surface area contributed by atoms with Gasteiger partial charge in [-0.3, -0.25) is 9.67 Å². The van der Waals surface area contributed by atoms with Gasteiger partial charge in [0.1, 0.15) is 5.82 Å². The Balaban J connectivity index is 2.62. The Morgan fingerprint density at radius 3 is 2.43 bits per heavy atom. The van der Waals surface area contributed by atoms with Gasteiger partial charge >= 0.3 is 0 Å². The SMILES string of the molecule is Cc1nn(C)c(N)c1-c1ccncc1. The summed E-state index contributed by atoms with van der Waals surface area (Å²) in [5.74, 6) is 0.689. The van der Waals surface area contributed by atoms with E-state index in [2.05, 4.69) is 10.1 Å². The topological polar surface area (TPSA) is 56.7 Å². The summed E-state index contributed by atoms with van der Waals surface area (Å²) in [7, 11) is 1.84. The monoisotopic (exact) mass is 188 g/mol. The molecule has 14 heavy (non-hydrogen) atoms. The Morgan fingerprint density at radius 1 is 1.29 bits per heavy atom. The molecule has 4 heteroatoms. The third kappa shape index (κ3) is 1.25. The second-order valence-electron chi connectivity index (χ2n) is 3.21. The van der Waals surface area contributed by atoms with Crippen LogP contribution in [0.25, 0.3) is 11.1 Å². The number of nitrogens with two attached hydrogens (primary N) is 1. The van der Waals surface area contributed by atoms with E-state index in [-0.39, 0.29) is 0 Å². The predicted octanol–water partition coefficient (Wildman–Crippen LogP) is 1.37. The number of rotatable bonds is 1. The number of nitrogens with zero attached hydrogens (tertiary/aromatic N) is 3. The number of hydrogen-bond acceptors (Lipinski definition) is 3. The van der Waals surface area contributed by atoms with Crippen LogP contribution >= 0.6 is 0 Å². The highest BCUT2D eigenvalue weighted by Gasteiger charge is 2.11. The van der Waals surface area contributed by atoms with Gasteiger partial charge in [0.05, 0.1) is 5.69 Å². The van der Waals surface area contributed by atoms with E-state index in [1.165, 1.54) is 0 Å². The highest BCUT2D eigenvalue weighted by molar-refractivity contribution is 5.75. The second kappa shape index (κ2) is 3.14. The molecule has 0 amide bonds. The summed E-state index contributed by atoms with van der Waals surface area (Å²) in [5.41, 5.74) is 8.91. The lowest BCUT2D eigenvalue weighted by atomic mass is 10.1. The van der Waals surface area contributed by atoms with Crippen LogP contribution in [0.3, 0.4) is 0 Å². The average Bonchev–Trinajstić information content (AvgIpc) is 2.43. The van der Waals surface area contributed by atoms with E-state index < -0.39 is 0 Å². The molecule has 0 saturated carbocycles. The molecule has 0 aliphatic heterocycles. The molecule has 0 bridgehead atoms. The normalized spacial score (nSPS) is 10.4. The third-order valence-electron chi connectivity index (χ3n) is 2.24. The first-order valence-corrected chi connectivity index (χ1v) is 4.39. The van der Waals surface area contributed by atoms with Crippen LogP contribution in [-0.2, 0) is 7.05 Å². The summed E-state index contributed by atoms with van der Waals surface area (Å²) in [6.07, 6.45) is 3.50. The summed E-state index contributed by atoms with van der Waals surface area (Å²) in [6, 6.07) is 3.86. The van der Waals surface area contributed by atoms with Gasteiger partial charge < -0.3 is 5.73 Å². The van der Waals surface area contributed by atoms with E-state index in [0.29, 0.717) is 5.82 Å². The van der Waals surface area contributed by atoms with Crippen molar-refractivity contribution in [3.05, 3.63) is 30.2 Å². The maximum absolute atomic E-state index is 5.92. The first-order valence-electron chi connectivity index (χ1n) is 4.39. The van der Waals surface area contributed by atoms with E-state index in [1.54, 1.807) is 17.1 Å². The number of aromatic nitrogens is 3. The molecule has 0 radical (unpaired) electrons. The number of hydrogen-bond donors (Lipinski definition) is 1. The molecule has 0 aliphatic rings. The molecule has 0 saturated heterocycles. The van der Waals surface area contributed by atoms with Crippen LogP contribution in [0.4, 0.5) is 5.82 Å². The fourth-order valence-corrected chi connectivity index (χ4v) is 1.55. The van der Waals surface area contributed by atoms with Gasteiger partial charge in [0.2, 0.25) is 0 Å². The van der Waals surface area contributed by atoms with Crippen molar-refractivity contribution in [3.63, 3.8) is 0 Å². The Morgan fingerprint density at radius 2 is 1.93 bits per heavy atom. The molecule has 4 nitrogen and oxygen atoms in total. The van der Waals surface area contributed by atoms with Crippen LogP contribution in [0.1, 0.15) is 5.69 Å². The van der Waals surface area contributed by atoms with Crippen LogP contribution in [-0.4, -0.2) is 14.8 Å². The maximum atomic E-state index is 5.92. The molecule has 0 fully saturated rings. The molecule has 2 rings (SSSR count). The van der Waals surface area contributed by atoms with Crippen molar-refractivity contribution in [1.29, 1.82) is 0 Å². The van der Waals surface area contributed by atoms with Crippen molar-refractivity contribution in [2.45, 2.75) is 6.92 Å². The molecule has 2 aromatic heterocycles. The van der Waals surface area contributed by atoms with Crippen molar-refractivity contribution in [3.8, 4) is 11.1 Å². The number of pyridine rings is 1. The Bertz CT molecular complexity index is 445. The van der Waals surface area contributed by atoms with Gasteiger partial charge in [0.25, 0.3) is 0 Å². The lowest BCUT2D eigenvalue weighted by Crippen LogP contribution is -1.97. The van der Waals surface area contributed by atoms with E-state index in [9.17, 15) is 0 Å². The number of nitrogen functional groups attached to an aromatic ring is 1. The Kier molecular flexibility index (Phi) is 1.96. The van der Waals surface area contributed by atoms with Gasteiger partial charge in [-0.05, 0) is 24.6 Å². The minimum Gasteiger partial charge on any atom is -0.383 e. The van der Waals surface area contributed by atoms with E-state index >= 15 is 0 Å². The quantitative estimate of drug-likeness (QED) is 0.735. The summed E-state index contributed by atoms with van der Waals surface area (Å²) in [5, 5.41) is 4.26. The van der Waals surface area contributed by atoms with Gasteiger partial charge in [-0.15, -0.1) is 0 Å². The number of anilines is 1. The molecule has 2 N–H and O–H groups in total. The Labute approximate surface area is 82.4 Å². The predicted molar refractivity (Wildman–Crippen MR) is 55.6 cm³/mol. The van der Waals surface area contributed by atoms with Crippen molar-refractivity contribution in [1.82, 2.24) is 14.8 Å². The third-order valence-corrected chi connectivity index (χ3v) is 2.24. The summed E-state index contributed by atoms with van der Waals surface area (Å²) in [6.45, 7) is 1.95. The molecule has 0 atom stereocenters. The van der Waals surface area contributed by atoms with Gasteiger partial charge in [-0.2, -0.15) is 5.10 Å². The zero-order chi connectivity index (χ0) is 10.1. The van der Waals surface area contributed by atoms with Crippen LogP contribution in [0.15, 0.2) is 24.5 Å². The van der Waals surface area contributed by atoms with E-state index in [4.69, 9.17) is 5.73 Å². The van der Waals surface area contributed by atoms with Crippen LogP contribution in [0.2, 0.25) is 0 Å². The van der Waals surface area contributed by atoms with E-state index in [1.807, 2.05) is 26.1 Å². The van der Waals surface area contributed by atoms with Gasteiger partial charge in [0.15, 0.2) is 0 Å². The number of aryl methyl sites for hydroxylation is 2. The second-order valence-corrected chi connectivity index (χ2v) is 3.21. The average molecular weight is 188 g/mol. The molecule has 72 valence electrons. The standard InChI is InChI=1S/C10H12N4/c1-7-9(10(11)14(2)13-7)8-3-5-12-6-4-8/h3-6H,11H2,1-2H3. The molecule has 0 aromatic carbocycles. The van der Waals surface area contributed by atoms with Crippen molar-refractivity contribution in [2.24, 2.45) is 7.05 Å². The smallest absolute Gasteiger partial charge is 0.129 e.